The van der Waals surface area contributed by atoms with Crippen molar-refractivity contribution in [2.75, 3.05) is 17.6 Å². The summed E-state index contributed by atoms with van der Waals surface area (Å²) in [6.45, 7) is -1.59. The number of fused-ring (bicyclic) bond motifs is 2. The Hall–Kier alpha value is -4.82. The maximum absolute atomic E-state index is 15.1. The van der Waals surface area contributed by atoms with Crippen LogP contribution in [0.3, 0.4) is 0 Å². The van der Waals surface area contributed by atoms with Gasteiger partial charge in [0.1, 0.15) is 35.5 Å². The first-order valence-electron chi connectivity index (χ1n) is 10.4. The van der Waals surface area contributed by atoms with Gasteiger partial charge in [-0.25, -0.2) is 27.7 Å². The number of nitrogens with two attached hydrogens (primary N) is 1. The van der Waals surface area contributed by atoms with Crippen LogP contribution in [0.15, 0.2) is 42.9 Å². The van der Waals surface area contributed by atoms with Gasteiger partial charge in [-0.1, -0.05) is 6.07 Å². The number of H-pyrrole nitrogens is 1. The first kappa shape index (κ1) is 23.9. The first-order chi connectivity index (χ1) is 17.5. The van der Waals surface area contributed by atoms with Crippen molar-refractivity contribution in [2.24, 2.45) is 0 Å². The molecule has 5 rings (SSSR count). The third-order valence-electron chi connectivity index (χ3n) is 5.32. The van der Waals surface area contributed by atoms with E-state index in [-0.39, 0.29) is 50.7 Å². The maximum Gasteiger partial charge on any atom is 0.405 e. The molecule has 0 radical (unpaired) electrons. The second kappa shape index (κ2) is 8.69. The minimum absolute atomic E-state index is 0.00417. The summed E-state index contributed by atoms with van der Waals surface area (Å²) in [4.78, 5) is 23.0. The molecule has 37 heavy (non-hydrogen) atoms. The fourth-order valence-electron chi connectivity index (χ4n) is 3.77. The fourth-order valence-corrected chi connectivity index (χ4v) is 3.77. The normalized spacial score (nSPS) is 11.8. The third kappa shape index (κ3) is 4.57. The number of halogens is 6. The summed E-state index contributed by atoms with van der Waals surface area (Å²) in [5.74, 6) is -3.85. The number of nitrogens with one attached hydrogen (secondary N) is 3. The number of benzene rings is 2. The number of nitrogens with zero attached hydrogens (tertiary/aromatic N) is 4. The lowest BCUT2D eigenvalue weighted by Gasteiger charge is -2.11. The van der Waals surface area contributed by atoms with Gasteiger partial charge in [-0.05, 0) is 17.7 Å². The van der Waals surface area contributed by atoms with Gasteiger partial charge >= 0.3 is 6.18 Å². The van der Waals surface area contributed by atoms with Gasteiger partial charge in [0.25, 0.3) is 5.91 Å². The van der Waals surface area contributed by atoms with Crippen LogP contribution in [0.2, 0.25) is 0 Å². The highest BCUT2D eigenvalue weighted by Gasteiger charge is 2.30. The molecule has 5 aromatic rings. The summed E-state index contributed by atoms with van der Waals surface area (Å²) in [6, 6.07) is 5.30. The predicted molar refractivity (Wildman–Crippen MR) is 120 cm³/mol. The van der Waals surface area contributed by atoms with E-state index in [9.17, 15) is 26.7 Å². The van der Waals surface area contributed by atoms with Crippen LogP contribution in [-0.4, -0.2) is 43.2 Å². The van der Waals surface area contributed by atoms with Crippen LogP contribution in [-0.2, 0) is 0 Å². The Morgan fingerprint density at radius 3 is 2.62 bits per heavy atom. The van der Waals surface area contributed by atoms with Crippen molar-refractivity contribution < 1.29 is 31.1 Å². The van der Waals surface area contributed by atoms with Crippen LogP contribution >= 0.6 is 0 Å². The molecule has 9 nitrogen and oxygen atoms in total. The van der Waals surface area contributed by atoms with Crippen molar-refractivity contribution in [1.82, 2.24) is 29.9 Å². The van der Waals surface area contributed by atoms with E-state index >= 15 is 4.39 Å². The van der Waals surface area contributed by atoms with Crippen molar-refractivity contribution in [1.29, 1.82) is 0 Å². The van der Waals surface area contributed by atoms with E-state index in [0.717, 1.165) is 29.2 Å². The van der Waals surface area contributed by atoms with Gasteiger partial charge in [0.15, 0.2) is 11.6 Å². The molecule has 2 aromatic carbocycles. The van der Waals surface area contributed by atoms with Crippen molar-refractivity contribution in [3.05, 3.63) is 65.9 Å². The topological polar surface area (TPSA) is 126 Å². The number of nitrogen functional groups attached to an aromatic ring is 1. The van der Waals surface area contributed by atoms with E-state index in [2.05, 4.69) is 25.4 Å². The molecule has 3 aromatic heterocycles. The van der Waals surface area contributed by atoms with Gasteiger partial charge in [0.05, 0.1) is 16.8 Å². The number of imidazole rings is 1. The molecule has 0 aliphatic rings. The Morgan fingerprint density at radius 1 is 1.11 bits per heavy atom. The number of amides is 1. The van der Waals surface area contributed by atoms with E-state index in [1.54, 1.807) is 5.32 Å². The maximum atomic E-state index is 15.1. The number of anilines is 3. The number of aromatic nitrogens is 5. The van der Waals surface area contributed by atoms with Crippen molar-refractivity contribution >= 4 is 39.9 Å². The number of hydrogen-bond donors (Lipinski definition) is 4. The summed E-state index contributed by atoms with van der Waals surface area (Å²) in [6.07, 6.45) is -2.42. The number of carbonyl (C=O) groups excluding carboxylic acids is 1. The van der Waals surface area contributed by atoms with E-state index < -0.39 is 36.1 Å². The molecule has 0 fully saturated rings. The van der Waals surface area contributed by atoms with Crippen LogP contribution < -0.4 is 16.4 Å². The fraction of sp³-hybridized carbons (Fsp3) is 0.0909. The molecule has 0 bridgehead atoms. The monoisotopic (exact) mass is 520 g/mol. The quantitative estimate of drug-likeness (QED) is 0.256. The molecule has 15 heteroatoms. The average Bonchev–Trinajstić information content (AvgIpc) is 3.40. The predicted octanol–water partition coefficient (Wildman–Crippen LogP) is 4.31. The first-order valence-corrected chi connectivity index (χ1v) is 10.4. The highest BCUT2D eigenvalue weighted by molar-refractivity contribution is 6.07. The Bertz CT molecular complexity index is 1680. The Labute approximate surface area is 202 Å². The number of aromatic amines is 1. The van der Waals surface area contributed by atoms with E-state index in [1.165, 1.54) is 12.1 Å². The van der Waals surface area contributed by atoms with Gasteiger partial charge in [-0.3, -0.25) is 4.79 Å². The zero-order valence-electron chi connectivity index (χ0n) is 18.3. The molecule has 190 valence electrons. The Kier molecular flexibility index (Phi) is 5.61. The molecule has 0 saturated carbocycles. The highest BCUT2D eigenvalue weighted by atomic mass is 19.4. The Balaban J connectivity index is 1.53. The van der Waals surface area contributed by atoms with Gasteiger partial charge in [0, 0.05) is 23.9 Å². The zero-order chi connectivity index (χ0) is 26.5. The summed E-state index contributed by atoms with van der Waals surface area (Å²) in [5, 5.41) is 8.30. The molecule has 3 heterocycles. The number of carbonyl (C=O) groups is 1. The second-order valence-electron chi connectivity index (χ2n) is 7.84. The lowest BCUT2D eigenvalue weighted by Crippen LogP contribution is -2.33. The largest absolute Gasteiger partial charge is 0.405 e. The molecular formula is C22H14F6N8O. The SMILES string of the molecule is Nc1ncnn2cc(C(=O)NCC(F)(F)F)c(-c3ccc(Nc4nc5cc(F)cc(F)c5[nH]4)c(F)c3)c12. The molecule has 0 aliphatic heterocycles. The molecule has 0 spiro atoms. The summed E-state index contributed by atoms with van der Waals surface area (Å²) in [5.41, 5.74) is 5.60. The van der Waals surface area contributed by atoms with E-state index in [0.29, 0.717) is 6.07 Å². The lowest BCUT2D eigenvalue weighted by atomic mass is 10.0. The van der Waals surface area contributed by atoms with Crippen LogP contribution in [0.4, 0.5) is 43.8 Å². The summed E-state index contributed by atoms with van der Waals surface area (Å²) < 4.78 is 81.6. The molecule has 0 aliphatic carbocycles. The number of alkyl halides is 3. The third-order valence-corrected chi connectivity index (χ3v) is 5.32. The summed E-state index contributed by atoms with van der Waals surface area (Å²) >= 11 is 0. The number of rotatable bonds is 5. The highest BCUT2D eigenvalue weighted by Crippen LogP contribution is 2.35. The standard InChI is InChI=1S/C22H14F6N8O/c23-10-4-13(25)17-15(5-10)34-21(35-17)33-14-2-1-9(3-12(14)24)16-11(20(37)30-7-22(26,27)28)6-36-18(16)19(29)31-8-32-36/h1-6,8H,7H2,(H,30,37)(H2,29,31,32)(H2,33,34,35). The molecule has 0 atom stereocenters. The van der Waals surface area contributed by atoms with Gasteiger partial charge in [-0.15, -0.1) is 0 Å². The molecule has 1 amide bonds. The van der Waals surface area contributed by atoms with E-state index in [4.69, 9.17) is 5.73 Å². The Morgan fingerprint density at radius 2 is 1.89 bits per heavy atom. The average molecular weight is 520 g/mol. The molecule has 5 N–H and O–H groups in total. The number of hydrogen-bond acceptors (Lipinski definition) is 6. The minimum atomic E-state index is -4.65. The molecule has 0 unspecified atom stereocenters. The van der Waals surface area contributed by atoms with Gasteiger partial charge in [-0.2, -0.15) is 18.3 Å². The van der Waals surface area contributed by atoms with Crippen LogP contribution in [0, 0.1) is 17.5 Å². The molecule has 0 saturated heterocycles. The van der Waals surface area contributed by atoms with Gasteiger partial charge < -0.3 is 21.4 Å². The van der Waals surface area contributed by atoms with Gasteiger partial charge in [0.2, 0.25) is 5.95 Å². The van der Waals surface area contributed by atoms with Crippen LogP contribution in [0.1, 0.15) is 10.4 Å². The van der Waals surface area contributed by atoms with Crippen molar-refractivity contribution in [3.63, 3.8) is 0 Å². The minimum Gasteiger partial charge on any atom is -0.382 e. The second-order valence-corrected chi connectivity index (χ2v) is 7.84. The van der Waals surface area contributed by atoms with Crippen LogP contribution in [0.5, 0.6) is 0 Å². The lowest BCUT2D eigenvalue weighted by molar-refractivity contribution is -0.123. The zero-order valence-corrected chi connectivity index (χ0v) is 18.3. The van der Waals surface area contributed by atoms with Crippen molar-refractivity contribution in [3.8, 4) is 11.1 Å². The van der Waals surface area contributed by atoms with Crippen molar-refractivity contribution in [2.45, 2.75) is 6.18 Å². The van der Waals surface area contributed by atoms with E-state index in [1.807, 2.05) is 0 Å². The smallest absolute Gasteiger partial charge is 0.382 e. The molecular weight excluding hydrogens is 506 g/mol. The summed E-state index contributed by atoms with van der Waals surface area (Å²) in [7, 11) is 0. The van der Waals surface area contributed by atoms with Crippen LogP contribution in [0.25, 0.3) is 27.7 Å².